The first kappa shape index (κ1) is 8.55. The Morgan fingerprint density at radius 1 is 1.29 bits per heavy atom. The number of aldehydes is 1. The normalized spacial score (nSPS) is 10.1. The number of hydrogen-bond acceptors (Lipinski definition) is 4. The van der Waals surface area contributed by atoms with Gasteiger partial charge in [-0.15, -0.1) is 5.10 Å². The van der Waals surface area contributed by atoms with Crippen molar-refractivity contribution < 1.29 is 4.79 Å². The Labute approximate surface area is 80.4 Å². The smallest absolute Gasteiger partial charge is 0.219 e. The van der Waals surface area contributed by atoms with Crippen molar-refractivity contribution in [1.29, 1.82) is 0 Å². The van der Waals surface area contributed by atoms with Gasteiger partial charge in [-0.3, -0.25) is 4.79 Å². The summed E-state index contributed by atoms with van der Waals surface area (Å²) in [6.45, 7) is 1.99. The van der Waals surface area contributed by atoms with E-state index in [-0.39, 0.29) is 5.82 Å². The lowest BCUT2D eigenvalue weighted by atomic mass is 10.2. The maximum atomic E-state index is 10.6. The zero-order chi connectivity index (χ0) is 9.97. The van der Waals surface area contributed by atoms with E-state index in [2.05, 4.69) is 15.5 Å². The van der Waals surface area contributed by atoms with Crippen LogP contribution in [0.3, 0.4) is 0 Å². The van der Waals surface area contributed by atoms with Gasteiger partial charge in [-0.25, -0.2) is 0 Å². The second-order valence-electron chi connectivity index (χ2n) is 2.90. The molecule has 0 aliphatic rings. The van der Waals surface area contributed by atoms with Crippen LogP contribution < -0.4 is 0 Å². The first-order valence-corrected chi connectivity index (χ1v) is 4.12. The Morgan fingerprint density at radius 3 is 2.64 bits per heavy atom. The van der Waals surface area contributed by atoms with Crippen LogP contribution in [0, 0.1) is 6.92 Å². The number of carbonyl (C=O) groups is 1. The summed E-state index contributed by atoms with van der Waals surface area (Å²) in [5.41, 5.74) is 1.93. The summed E-state index contributed by atoms with van der Waals surface area (Å²) in [4.78, 5) is 10.6. The fourth-order valence-corrected chi connectivity index (χ4v) is 1.14. The quantitative estimate of drug-likeness (QED) is 0.653. The Morgan fingerprint density at radius 2 is 2.00 bits per heavy atom. The first-order chi connectivity index (χ1) is 6.81. The Kier molecular flexibility index (Phi) is 2.06. The predicted octanol–water partition coefficient (Wildman–Crippen LogP) is 0.783. The van der Waals surface area contributed by atoms with E-state index in [0.29, 0.717) is 6.29 Å². The average molecular weight is 188 g/mol. The van der Waals surface area contributed by atoms with Crippen LogP contribution in [0.25, 0.3) is 5.69 Å². The molecule has 0 atom stereocenters. The van der Waals surface area contributed by atoms with E-state index in [4.69, 9.17) is 0 Å². The molecule has 0 saturated carbocycles. The van der Waals surface area contributed by atoms with Gasteiger partial charge in [-0.2, -0.15) is 4.68 Å². The van der Waals surface area contributed by atoms with Crippen LogP contribution in [-0.2, 0) is 0 Å². The molecule has 0 spiro atoms. The maximum Gasteiger partial charge on any atom is 0.219 e. The zero-order valence-electron chi connectivity index (χ0n) is 7.58. The van der Waals surface area contributed by atoms with Crippen molar-refractivity contribution in [2.24, 2.45) is 0 Å². The third kappa shape index (κ3) is 1.39. The van der Waals surface area contributed by atoms with Crippen LogP contribution >= 0.6 is 0 Å². The van der Waals surface area contributed by atoms with Gasteiger partial charge in [0.1, 0.15) is 0 Å². The highest BCUT2D eigenvalue weighted by atomic mass is 16.1. The molecule has 5 nitrogen and oxygen atoms in total. The van der Waals surface area contributed by atoms with Gasteiger partial charge < -0.3 is 0 Å². The van der Waals surface area contributed by atoms with E-state index in [9.17, 15) is 4.79 Å². The molecular weight excluding hydrogens is 180 g/mol. The number of carbonyl (C=O) groups excluding carboxylic acids is 1. The van der Waals surface area contributed by atoms with Gasteiger partial charge in [-0.05, 0) is 29.5 Å². The molecule has 2 aromatic rings. The van der Waals surface area contributed by atoms with Crippen molar-refractivity contribution in [3.05, 3.63) is 35.7 Å². The van der Waals surface area contributed by atoms with Crippen LogP contribution in [-0.4, -0.2) is 26.5 Å². The fraction of sp³-hybridized carbons (Fsp3) is 0.111. The van der Waals surface area contributed by atoms with E-state index in [1.54, 1.807) is 0 Å². The van der Waals surface area contributed by atoms with Gasteiger partial charge in [0.05, 0.1) is 5.69 Å². The SMILES string of the molecule is Cc1ccc(-n2nnnc2C=O)cc1. The molecule has 0 N–H and O–H groups in total. The molecule has 1 aromatic heterocycles. The topological polar surface area (TPSA) is 60.7 Å². The molecule has 0 saturated heterocycles. The monoisotopic (exact) mass is 188 g/mol. The Balaban J connectivity index is 2.49. The second kappa shape index (κ2) is 3.37. The summed E-state index contributed by atoms with van der Waals surface area (Å²) in [5, 5.41) is 10.7. The summed E-state index contributed by atoms with van der Waals surface area (Å²) in [6.07, 6.45) is 0.625. The summed E-state index contributed by atoms with van der Waals surface area (Å²) in [5.74, 6) is 0.203. The molecule has 0 aliphatic heterocycles. The lowest BCUT2D eigenvalue weighted by Gasteiger charge is -2.00. The van der Waals surface area contributed by atoms with Gasteiger partial charge in [0.15, 0.2) is 6.29 Å². The van der Waals surface area contributed by atoms with Gasteiger partial charge in [0.2, 0.25) is 5.82 Å². The van der Waals surface area contributed by atoms with Gasteiger partial charge in [0.25, 0.3) is 0 Å². The van der Waals surface area contributed by atoms with Crippen molar-refractivity contribution in [2.75, 3.05) is 0 Å². The number of rotatable bonds is 2. The molecule has 14 heavy (non-hydrogen) atoms. The molecule has 0 aliphatic carbocycles. The minimum Gasteiger partial charge on any atom is -0.294 e. The standard InChI is InChI=1S/C9H8N4O/c1-7-2-4-8(5-3-7)13-9(6-14)10-11-12-13/h2-6H,1H3. The van der Waals surface area contributed by atoms with E-state index in [1.807, 2.05) is 31.2 Å². The van der Waals surface area contributed by atoms with Gasteiger partial charge >= 0.3 is 0 Å². The molecule has 2 rings (SSSR count). The fourth-order valence-electron chi connectivity index (χ4n) is 1.14. The molecule has 1 aromatic carbocycles. The number of hydrogen-bond donors (Lipinski definition) is 0. The highest BCUT2D eigenvalue weighted by Crippen LogP contribution is 2.07. The van der Waals surface area contributed by atoms with E-state index < -0.39 is 0 Å². The van der Waals surface area contributed by atoms with Crippen molar-refractivity contribution in [3.8, 4) is 5.69 Å². The molecular formula is C9H8N4O. The number of tetrazole rings is 1. The maximum absolute atomic E-state index is 10.6. The molecule has 0 unspecified atom stereocenters. The van der Waals surface area contributed by atoms with Crippen LogP contribution in [0.15, 0.2) is 24.3 Å². The van der Waals surface area contributed by atoms with Gasteiger partial charge in [0, 0.05) is 0 Å². The molecule has 5 heteroatoms. The molecule has 0 amide bonds. The molecule has 0 bridgehead atoms. The van der Waals surface area contributed by atoms with Crippen molar-refractivity contribution in [1.82, 2.24) is 20.2 Å². The molecule has 0 radical (unpaired) electrons. The van der Waals surface area contributed by atoms with Crippen molar-refractivity contribution in [2.45, 2.75) is 6.92 Å². The number of aryl methyl sites for hydroxylation is 1. The van der Waals surface area contributed by atoms with Crippen LogP contribution in [0.4, 0.5) is 0 Å². The van der Waals surface area contributed by atoms with E-state index in [1.165, 1.54) is 4.68 Å². The molecule has 70 valence electrons. The molecule has 0 fully saturated rings. The van der Waals surface area contributed by atoms with Crippen molar-refractivity contribution >= 4 is 6.29 Å². The highest BCUT2D eigenvalue weighted by Gasteiger charge is 2.05. The summed E-state index contributed by atoms with van der Waals surface area (Å²) in [7, 11) is 0. The van der Waals surface area contributed by atoms with E-state index >= 15 is 0 Å². The first-order valence-electron chi connectivity index (χ1n) is 4.12. The minimum absolute atomic E-state index is 0.203. The summed E-state index contributed by atoms with van der Waals surface area (Å²) >= 11 is 0. The van der Waals surface area contributed by atoms with Crippen LogP contribution in [0.1, 0.15) is 16.2 Å². The third-order valence-electron chi connectivity index (χ3n) is 1.88. The Hall–Kier alpha value is -2.04. The summed E-state index contributed by atoms with van der Waals surface area (Å²) in [6, 6.07) is 7.59. The third-order valence-corrected chi connectivity index (χ3v) is 1.88. The number of benzene rings is 1. The highest BCUT2D eigenvalue weighted by molar-refractivity contribution is 5.69. The van der Waals surface area contributed by atoms with Gasteiger partial charge in [-0.1, -0.05) is 17.7 Å². The predicted molar refractivity (Wildman–Crippen MR) is 49.3 cm³/mol. The average Bonchev–Trinajstić information content (AvgIpc) is 2.67. The zero-order valence-corrected chi connectivity index (χ0v) is 7.58. The molecule has 1 heterocycles. The lowest BCUT2D eigenvalue weighted by Crippen LogP contribution is -2.01. The van der Waals surface area contributed by atoms with Crippen LogP contribution in [0.5, 0.6) is 0 Å². The number of aromatic nitrogens is 4. The Bertz CT molecular complexity index is 446. The van der Waals surface area contributed by atoms with Crippen LogP contribution in [0.2, 0.25) is 0 Å². The summed E-state index contributed by atoms with van der Waals surface area (Å²) < 4.78 is 1.40. The minimum atomic E-state index is 0.203. The number of nitrogens with zero attached hydrogens (tertiary/aromatic N) is 4. The largest absolute Gasteiger partial charge is 0.294 e. The van der Waals surface area contributed by atoms with E-state index in [0.717, 1.165) is 11.3 Å². The second-order valence-corrected chi connectivity index (χ2v) is 2.90. The van der Waals surface area contributed by atoms with Crippen molar-refractivity contribution in [3.63, 3.8) is 0 Å². The lowest BCUT2D eigenvalue weighted by molar-refractivity contribution is 0.111.